The summed E-state index contributed by atoms with van der Waals surface area (Å²) in [5.41, 5.74) is 4.93. The van der Waals surface area contributed by atoms with Gasteiger partial charge in [0.15, 0.2) is 0 Å². The van der Waals surface area contributed by atoms with E-state index in [2.05, 4.69) is 66.3 Å². The Bertz CT molecular complexity index is 604. The molecule has 1 nitrogen and oxygen atoms in total. The third kappa shape index (κ3) is 4.09. The predicted molar refractivity (Wildman–Crippen MR) is 95.2 cm³/mol. The van der Waals surface area contributed by atoms with Crippen molar-refractivity contribution in [1.29, 1.82) is 0 Å². The van der Waals surface area contributed by atoms with Crippen LogP contribution in [0, 0.1) is 13.8 Å². The smallest absolute Gasteiger partial charge is 0.0599 e. The quantitative estimate of drug-likeness (QED) is 0.704. The number of aryl methyl sites for hydroxylation is 2. The Hall–Kier alpha value is -0.830. The summed E-state index contributed by atoms with van der Waals surface area (Å²) in [4.78, 5) is 0. The summed E-state index contributed by atoms with van der Waals surface area (Å²) in [5.74, 6) is 0. The van der Waals surface area contributed by atoms with Crippen molar-refractivity contribution in [2.24, 2.45) is 0 Å². The lowest BCUT2D eigenvalue weighted by molar-refractivity contribution is 0.598. The second-order valence-electron chi connectivity index (χ2n) is 5.45. The van der Waals surface area contributed by atoms with Crippen molar-refractivity contribution in [2.75, 3.05) is 6.54 Å². The zero-order chi connectivity index (χ0) is 15.4. The van der Waals surface area contributed by atoms with Gasteiger partial charge in [0.2, 0.25) is 0 Å². The van der Waals surface area contributed by atoms with E-state index in [-0.39, 0.29) is 6.04 Å². The topological polar surface area (TPSA) is 12.0 Å². The van der Waals surface area contributed by atoms with Crippen LogP contribution in [0.3, 0.4) is 0 Å². The minimum Gasteiger partial charge on any atom is -0.306 e. The molecule has 0 aliphatic rings. The molecular weight excluding hydrogens is 346 g/mol. The fraction of sp³-hybridized carbons (Fsp3) is 0.333. The largest absolute Gasteiger partial charge is 0.306 e. The first-order chi connectivity index (χ1) is 10.0. The van der Waals surface area contributed by atoms with Crippen LogP contribution in [-0.2, 0) is 0 Å². The first-order valence-electron chi connectivity index (χ1n) is 7.28. The number of benzene rings is 2. The summed E-state index contributed by atoms with van der Waals surface area (Å²) in [7, 11) is 0. The molecule has 0 fully saturated rings. The normalized spacial score (nSPS) is 12.4. The molecule has 1 N–H and O–H groups in total. The van der Waals surface area contributed by atoms with Gasteiger partial charge in [0, 0.05) is 4.47 Å². The van der Waals surface area contributed by atoms with Gasteiger partial charge in [-0.05, 0) is 59.9 Å². The van der Waals surface area contributed by atoms with Crippen molar-refractivity contribution in [2.45, 2.75) is 33.2 Å². The van der Waals surface area contributed by atoms with Crippen molar-refractivity contribution in [3.8, 4) is 0 Å². The molecule has 1 unspecified atom stereocenters. The zero-order valence-corrected chi connectivity index (χ0v) is 15.1. The summed E-state index contributed by atoms with van der Waals surface area (Å²) in [6.07, 6.45) is 1.09. The maximum absolute atomic E-state index is 6.51. The maximum atomic E-state index is 6.51. The number of rotatable bonds is 5. The van der Waals surface area contributed by atoms with Gasteiger partial charge in [0.1, 0.15) is 0 Å². The van der Waals surface area contributed by atoms with Gasteiger partial charge in [0.05, 0.1) is 11.1 Å². The highest BCUT2D eigenvalue weighted by molar-refractivity contribution is 9.10. The van der Waals surface area contributed by atoms with Crippen LogP contribution >= 0.6 is 27.5 Å². The average molecular weight is 367 g/mol. The minimum atomic E-state index is 0.119. The number of hydrogen-bond donors (Lipinski definition) is 1. The predicted octanol–water partition coefficient (Wildman–Crippen LogP) is 5.81. The van der Waals surface area contributed by atoms with Crippen LogP contribution in [0.5, 0.6) is 0 Å². The summed E-state index contributed by atoms with van der Waals surface area (Å²) in [6.45, 7) is 7.40. The van der Waals surface area contributed by atoms with E-state index in [1.807, 2.05) is 12.1 Å². The van der Waals surface area contributed by atoms with Crippen LogP contribution in [0.2, 0.25) is 5.02 Å². The van der Waals surface area contributed by atoms with Gasteiger partial charge in [0.25, 0.3) is 0 Å². The Morgan fingerprint density at radius 1 is 1.14 bits per heavy atom. The Morgan fingerprint density at radius 2 is 1.81 bits per heavy atom. The third-order valence-electron chi connectivity index (χ3n) is 3.47. The molecule has 2 rings (SSSR count). The van der Waals surface area contributed by atoms with E-state index in [1.165, 1.54) is 16.7 Å². The fourth-order valence-electron chi connectivity index (χ4n) is 2.62. The highest BCUT2D eigenvalue weighted by atomic mass is 79.9. The number of nitrogens with one attached hydrogen (secondary N) is 1. The highest BCUT2D eigenvalue weighted by Gasteiger charge is 2.18. The van der Waals surface area contributed by atoms with E-state index < -0.39 is 0 Å². The molecule has 2 aromatic carbocycles. The first kappa shape index (κ1) is 16.5. The molecule has 2 aromatic rings. The molecule has 0 aromatic heterocycles. The molecule has 1 atom stereocenters. The van der Waals surface area contributed by atoms with Gasteiger partial charge in [-0.3, -0.25) is 0 Å². The van der Waals surface area contributed by atoms with Crippen molar-refractivity contribution in [3.63, 3.8) is 0 Å². The Morgan fingerprint density at radius 3 is 2.43 bits per heavy atom. The standard InChI is InChI=1S/C18H21BrClN/c1-4-8-21-18(14-10-12(2)9-13(3)11-14)15-6-5-7-16(19)17(15)20/h5-7,9-11,18,21H,4,8H2,1-3H3. The Kier molecular flexibility index (Phi) is 5.86. The molecule has 0 heterocycles. The van der Waals surface area contributed by atoms with Crippen molar-refractivity contribution < 1.29 is 0 Å². The molecule has 3 heteroatoms. The van der Waals surface area contributed by atoms with Crippen molar-refractivity contribution in [3.05, 3.63) is 68.1 Å². The van der Waals surface area contributed by atoms with E-state index in [4.69, 9.17) is 11.6 Å². The van der Waals surface area contributed by atoms with E-state index in [9.17, 15) is 0 Å². The molecule has 0 aliphatic heterocycles. The molecule has 0 saturated carbocycles. The molecule has 0 spiro atoms. The van der Waals surface area contributed by atoms with E-state index in [1.54, 1.807) is 0 Å². The molecule has 0 amide bonds. The monoisotopic (exact) mass is 365 g/mol. The van der Waals surface area contributed by atoms with Crippen LogP contribution in [0.1, 0.15) is 41.6 Å². The highest BCUT2D eigenvalue weighted by Crippen LogP contribution is 2.34. The first-order valence-corrected chi connectivity index (χ1v) is 8.45. The van der Waals surface area contributed by atoms with Gasteiger partial charge in [-0.1, -0.05) is 60.0 Å². The van der Waals surface area contributed by atoms with E-state index in [0.717, 1.165) is 28.0 Å². The summed E-state index contributed by atoms with van der Waals surface area (Å²) < 4.78 is 0.939. The molecule has 21 heavy (non-hydrogen) atoms. The Labute approximate surface area is 140 Å². The molecule has 112 valence electrons. The minimum absolute atomic E-state index is 0.119. The van der Waals surface area contributed by atoms with Gasteiger partial charge in [-0.25, -0.2) is 0 Å². The molecule has 0 aliphatic carbocycles. The second kappa shape index (κ2) is 7.44. The van der Waals surface area contributed by atoms with Gasteiger partial charge in [-0.15, -0.1) is 0 Å². The van der Waals surface area contributed by atoms with Crippen LogP contribution < -0.4 is 5.32 Å². The summed E-state index contributed by atoms with van der Waals surface area (Å²) in [6, 6.07) is 12.9. The zero-order valence-electron chi connectivity index (χ0n) is 12.7. The lowest BCUT2D eigenvalue weighted by Crippen LogP contribution is -2.23. The van der Waals surface area contributed by atoms with Crippen molar-refractivity contribution >= 4 is 27.5 Å². The number of hydrogen-bond acceptors (Lipinski definition) is 1. The van der Waals surface area contributed by atoms with Gasteiger partial charge >= 0.3 is 0 Å². The molecule has 0 bridgehead atoms. The Balaban J connectivity index is 2.49. The van der Waals surface area contributed by atoms with Crippen LogP contribution in [0.15, 0.2) is 40.9 Å². The number of halogens is 2. The summed E-state index contributed by atoms with van der Waals surface area (Å²) in [5, 5.41) is 4.40. The van der Waals surface area contributed by atoms with E-state index in [0.29, 0.717) is 0 Å². The van der Waals surface area contributed by atoms with Gasteiger partial charge < -0.3 is 5.32 Å². The maximum Gasteiger partial charge on any atom is 0.0599 e. The third-order valence-corrected chi connectivity index (χ3v) is 4.78. The average Bonchev–Trinajstić information content (AvgIpc) is 2.42. The lowest BCUT2D eigenvalue weighted by Gasteiger charge is -2.22. The van der Waals surface area contributed by atoms with Crippen LogP contribution in [0.4, 0.5) is 0 Å². The van der Waals surface area contributed by atoms with Crippen molar-refractivity contribution in [1.82, 2.24) is 5.32 Å². The van der Waals surface area contributed by atoms with E-state index >= 15 is 0 Å². The van der Waals surface area contributed by atoms with Crippen LogP contribution in [0.25, 0.3) is 0 Å². The lowest BCUT2D eigenvalue weighted by atomic mass is 9.95. The second-order valence-corrected chi connectivity index (χ2v) is 6.68. The van der Waals surface area contributed by atoms with Crippen LogP contribution in [-0.4, -0.2) is 6.54 Å². The molecular formula is C18H21BrClN. The summed E-state index contributed by atoms with van der Waals surface area (Å²) >= 11 is 10.0. The molecule has 0 saturated heterocycles. The SMILES string of the molecule is CCCNC(c1cc(C)cc(C)c1)c1cccc(Br)c1Cl. The molecule has 0 radical (unpaired) electrons. The van der Waals surface area contributed by atoms with Gasteiger partial charge in [-0.2, -0.15) is 0 Å². The fourth-order valence-corrected chi connectivity index (χ4v) is 3.23.